The molecule has 28 heavy (non-hydrogen) atoms. The fraction of sp³-hybridized carbons (Fsp3) is 0.435. The molecular formula is C23H25FN2O2. The van der Waals surface area contributed by atoms with Crippen LogP contribution in [0, 0.1) is 11.7 Å². The van der Waals surface area contributed by atoms with Crippen molar-refractivity contribution in [2.24, 2.45) is 5.92 Å². The standard InChI is InChI=1S/C23H25FN2O2/c1-28-20-8-2-5-16(11-20)14-25-15-18-13-21(17-6-3-7-19(24)12-17)26-10-4-9-23(18,26)22(25)27/h2-3,5-8,11-12,18,21H,4,9-10,13-15H2,1H3/t18-,21-,23-/m0/s1. The van der Waals surface area contributed by atoms with Gasteiger partial charge in [0, 0.05) is 25.0 Å². The summed E-state index contributed by atoms with van der Waals surface area (Å²) < 4.78 is 19.1. The van der Waals surface area contributed by atoms with Crippen molar-refractivity contribution in [3.63, 3.8) is 0 Å². The van der Waals surface area contributed by atoms with Crippen molar-refractivity contribution >= 4 is 5.91 Å². The van der Waals surface area contributed by atoms with Gasteiger partial charge in [-0.3, -0.25) is 9.69 Å². The molecule has 0 aliphatic carbocycles. The van der Waals surface area contributed by atoms with Gasteiger partial charge in [0.05, 0.1) is 7.11 Å². The van der Waals surface area contributed by atoms with Gasteiger partial charge in [0.25, 0.3) is 0 Å². The van der Waals surface area contributed by atoms with Gasteiger partial charge in [-0.05, 0) is 61.2 Å². The number of hydrogen-bond donors (Lipinski definition) is 0. The molecule has 146 valence electrons. The lowest BCUT2D eigenvalue weighted by Gasteiger charge is -2.33. The van der Waals surface area contributed by atoms with Gasteiger partial charge >= 0.3 is 0 Å². The summed E-state index contributed by atoms with van der Waals surface area (Å²) in [7, 11) is 1.66. The second-order valence-corrected chi connectivity index (χ2v) is 8.26. The Balaban J connectivity index is 1.41. The topological polar surface area (TPSA) is 32.8 Å². The van der Waals surface area contributed by atoms with E-state index in [0.717, 1.165) is 49.2 Å². The van der Waals surface area contributed by atoms with Crippen LogP contribution in [0.25, 0.3) is 0 Å². The molecule has 3 fully saturated rings. The molecule has 0 radical (unpaired) electrons. The number of carbonyl (C=O) groups is 1. The van der Waals surface area contributed by atoms with Crippen LogP contribution in [0.1, 0.15) is 36.4 Å². The summed E-state index contributed by atoms with van der Waals surface area (Å²) in [5.74, 6) is 1.17. The lowest BCUT2D eigenvalue weighted by Crippen LogP contribution is -2.49. The number of benzene rings is 2. The maximum Gasteiger partial charge on any atom is 0.243 e. The Bertz CT molecular complexity index is 917. The Hall–Kier alpha value is -2.40. The molecule has 3 aliphatic rings. The summed E-state index contributed by atoms with van der Waals surface area (Å²) in [5.41, 5.74) is 1.70. The van der Waals surface area contributed by atoms with Crippen LogP contribution in [0.4, 0.5) is 4.39 Å². The first kappa shape index (κ1) is 17.7. The van der Waals surface area contributed by atoms with Crippen LogP contribution >= 0.6 is 0 Å². The molecule has 0 N–H and O–H groups in total. The summed E-state index contributed by atoms with van der Waals surface area (Å²) >= 11 is 0. The zero-order valence-corrected chi connectivity index (χ0v) is 16.1. The number of rotatable bonds is 4. The average molecular weight is 380 g/mol. The van der Waals surface area contributed by atoms with Gasteiger partial charge in [-0.2, -0.15) is 0 Å². The molecule has 3 saturated heterocycles. The monoisotopic (exact) mass is 380 g/mol. The van der Waals surface area contributed by atoms with Crippen LogP contribution in [0.3, 0.4) is 0 Å². The Morgan fingerprint density at radius 2 is 2.07 bits per heavy atom. The van der Waals surface area contributed by atoms with Gasteiger partial charge in [-0.15, -0.1) is 0 Å². The first-order valence-corrected chi connectivity index (χ1v) is 10.1. The summed E-state index contributed by atoms with van der Waals surface area (Å²) in [4.78, 5) is 18.0. The molecule has 1 amide bonds. The van der Waals surface area contributed by atoms with Crippen LogP contribution < -0.4 is 4.74 Å². The van der Waals surface area contributed by atoms with Gasteiger partial charge in [0.1, 0.15) is 17.1 Å². The molecular weight excluding hydrogens is 355 g/mol. The molecule has 2 aromatic carbocycles. The van der Waals surface area contributed by atoms with Crippen LogP contribution in [0.15, 0.2) is 48.5 Å². The third-order valence-corrected chi connectivity index (χ3v) is 6.87. The summed E-state index contributed by atoms with van der Waals surface area (Å²) in [6.07, 6.45) is 2.86. The van der Waals surface area contributed by atoms with E-state index in [9.17, 15) is 9.18 Å². The lowest BCUT2D eigenvalue weighted by atomic mass is 9.85. The van der Waals surface area contributed by atoms with E-state index in [1.54, 1.807) is 19.2 Å². The minimum Gasteiger partial charge on any atom is -0.497 e. The highest BCUT2D eigenvalue weighted by Gasteiger charge is 2.65. The number of hydrogen-bond acceptors (Lipinski definition) is 3. The second kappa shape index (κ2) is 6.59. The van der Waals surface area contributed by atoms with Crippen LogP contribution in [-0.2, 0) is 11.3 Å². The third kappa shape index (κ3) is 2.56. The highest BCUT2D eigenvalue weighted by atomic mass is 19.1. The number of nitrogens with zero attached hydrogens (tertiary/aromatic N) is 2. The van der Waals surface area contributed by atoms with Crippen molar-refractivity contribution in [1.82, 2.24) is 9.80 Å². The van der Waals surface area contributed by atoms with Crippen LogP contribution in [0.5, 0.6) is 5.75 Å². The van der Waals surface area contributed by atoms with Crippen molar-refractivity contribution < 1.29 is 13.9 Å². The first-order valence-electron chi connectivity index (χ1n) is 10.1. The zero-order chi connectivity index (χ0) is 19.3. The number of carbonyl (C=O) groups excluding carboxylic acids is 1. The van der Waals surface area contributed by atoms with Gasteiger partial charge in [-0.1, -0.05) is 24.3 Å². The second-order valence-electron chi connectivity index (χ2n) is 8.26. The van der Waals surface area contributed by atoms with Crippen molar-refractivity contribution in [3.8, 4) is 5.75 Å². The summed E-state index contributed by atoms with van der Waals surface area (Å²) in [6.45, 7) is 2.31. The summed E-state index contributed by atoms with van der Waals surface area (Å²) in [6, 6.07) is 15.0. The molecule has 0 aromatic heterocycles. The van der Waals surface area contributed by atoms with Crippen molar-refractivity contribution in [3.05, 3.63) is 65.5 Å². The van der Waals surface area contributed by atoms with Gasteiger partial charge in [-0.25, -0.2) is 4.39 Å². The fourth-order valence-corrected chi connectivity index (χ4v) is 5.74. The minimum absolute atomic E-state index is 0.145. The van der Waals surface area contributed by atoms with Crippen LogP contribution in [0.2, 0.25) is 0 Å². The van der Waals surface area contributed by atoms with Crippen molar-refractivity contribution in [2.45, 2.75) is 37.4 Å². The molecule has 1 spiro atoms. The molecule has 3 heterocycles. The van der Waals surface area contributed by atoms with Crippen molar-refractivity contribution in [2.75, 3.05) is 20.2 Å². The molecule has 4 nitrogen and oxygen atoms in total. The van der Waals surface area contributed by atoms with E-state index in [1.807, 2.05) is 35.2 Å². The largest absolute Gasteiger partial charge is 0.497 e. The Labute approximate surface area is 164 Å². The third-order valence-electron chi connectivity index (χ3n) is 6.87. The smallest absolute Gasteiger partial charge is 0.243 e. The number of ether oxygens (including phenoxy) is 1. The highest BCUT2D eigenvalue weighted by Crippen LogP contribution is 2.56. The molecule has 5 rings (SSSR count). The van der Waals surface area contributed by atoms with E-state index in [4.69, 9.17) is 4.74 Å². The minimum atomic E-state index is -0.393. The van der Waals surface area contributed by atoms with E-state index < -0.39 is 5.54 Å². The first-order chi connectivity index (χ1) is 13.6. The number of likely N-dealkylation sites (tertiary alicyclic amines) is 1. The summed E-state index contributed by atoms with van der Waals surface area (Å²) in [5, 5.41) is 0. The lowest BCUT2D eigenvalue weighted by molar-refractivity contribution is -0.137. The Morgan fingerprint density at radius 1 is 1.21 bits per heavy atom. The molecule has 0 saturated carbocycles. The predicted octanol–water partition coefficient (Wildman–Crippen LogP) is 3.77. The molecule has 5 heteroatoms. The van der Waals surface area contributed by atoms with Crippen molar-refractivity contribution in [1.29, 1.82) is 0 Å². The van der Waals surface area contributed by atoms with Crippen LogP contribution in [-0.4, -0.2) is 41.4 Å². The zero-order valence-electron chi connectivity index (χ0n) is 16.1. The van der Waals surface area contributed by atoms with Gasteiger partial charge < -0.3 is 9.64 Å². The van der Waals surface area contributed by atoms with E-state index in [-0.39, 0.29) is 17.8 Å². The molecule has 0 bridgehead atoms. The molecule has 3 atom stereocenters. The van der Waals surface area contributed by atoms with Gasteiger partial charge in [0.15, 0.2) is 0 Å². The maximum atomic E-state index is 13.8. The number of amides is 1. The number of halogens is 1. The van der Waals surface area contributed by atoms with E-state index >= 15 is 0 Å². The predicted molar refractivity (Wildman–Crippen MR) is 104 cm³/mol. The van der Waals surface area contributed by atoms with E-state index in [0.29, 0.717) is 12.5 Å². The molecule has 0 unspecified atom stereocenters. The van der Waals surface area contributed by atoms with Gasteiger partial charge in [0.2, 0.25) is 5.91 Å². The Kier molecular flexibility index (Phi) is 4.16. The highest BCUT2D eigenvalue weighted by molar-refractivity contribution is 5.90. The quantitative estimate of drug-likeness (QED) is 0.809. The molecule has 2 aromatic rings. The maximum absolute atomic E-state index is 13.8. The van der Waals surface area contributed by atoms with E-state index in [1.165, 1.54) is 6.07 Å². The molecule has 3 aliphatic heterocycles. The van der Waals surface area contributed by atoms with E-state index in [2.05, 4.69) is 4.90 Å². The number of methoxy groups -OCH3 is 1. The normalized spacial score (nSPS) is 29.2. The SMILES string of the molecule is COc1cccc(CN2C[C@@H]3C[C@@H](c4cccc(F)c4)N4CCC[C@@]34C2=O)c1. The Morgan fingerprint density at radius 3 is 2.89 bits per heavy atom. The average Bonchev–Trinajstić information content (AvgIpc) is 3.33. The fourth-order valence-electron chi connectivity index (χ4n) is 5.74.